The van der Waals surface area contributed by atoms with Gasteiger partial charge in [-0.3, -0.25) is 9.59 Å². The fourth-order valence-electron chi connectivity index (χ4n) is 1.40. The lowest BCUT2D eigenvalue weighted by atomic mass is 10.1. The van der Waals surface area contributed by atoms with Crippen molar-refractivity contribution in [3.63, 3.8) is 0 Å². The summed E-state index contributed by atoms with van der Waals surface area (Å²) in [5.41, 5.74) is 4.67. The molecule has 0 radical (unpaired) electrons. The number of nitrogens with zero attached hydrogens (tertiary/aromatic N) is 3. The number of primary amides is 1. The van der Waals surface area contributed by atoms with Crippen LogP contribution in [-0.4, -0.2) is 39.3 Å². The summed E-state index contributed by atoms with van der Waals surface area (Å²) in [4.78, 5) is 23.3. The zero-order valence-corrected chi connectivity index (χ0v) is 10.5. The van der Waals surface area contributed by atoms with Gasteiger partial charge in [0.15, 0.2) is 11.5 Å². The van der Waals surface area contributed by atoms with Gasteiger partial charge in [0.2, 0.25) is 0 Å². The van der Waals surface area contributed by atoms with Gasteiger partial charge in [0.25, 0.3) is 5.91 Å². The second kappa shape index (κ2) is 4.99. The summed E-state index contributed by atoms with van der Waals surface area (Å²) in [5, 5.41) is 16.4. The van der Waals surface area contributed by atoms with Gasteiger partial charge in [-0.25, -0.2) is 0 Å². The molecule has 1 heterocycles. The minimum absolute atomic E-state index is 0.0444. The Morgan fingerprint density at radius 1 is 1.33 bits per heavy atom. The second-order valence-electron chi connectivity index (χ2n) is 4.79. The van der Waals surface area contributed by atoms with E-state index in [9.17, 15) is 9.59 Å². The molecule has 7 nitrogen and oxygen atoms in total. The molecule has 7 heteroatoms. The van der Waals surface area contributed by atoms with Gasteiger partial charge in [0.05, 0.1) is 0 Å². The summed E-state index contributed by atoms with van der Waals surface area (Å²) >= 11 is 0. The van der Waals surface area contributed by atoms with Crippen LogP contribution < -0.4 is 10.6 Å². The molecular weight excluding hydrogens is 236 g/mol. The quantitative estimate of drug-likeness (QED) is 0.795. The highest BCUT2D eigenvalue weighted by molar-refractivity contribution is 5.90. The molecule has 0 aliphatic heterocycles. The predicted molar refractivity (Wildman–Crippen MR) is 65.3 cm³/mol. The van der Waals surface area contributed by atoms with E-state index in [-0.39, 0.29) is 12.2 Å². The minimum Gasteiger partial charge on any atom is -0.480 e. The zero-order valence-electron chi connectivity index (χ0n) is 10.5. The number of aliphatic carboxylic acids is 1. The number of amides is 1. The summed E-state index contributed by atoms with van der Waals surface area (Å²) in [6, 6.07) is 2.95. The van der Waals surface area contributed by atoms with E-state index < -0.39 is 17.4 Å². The van der Waals surface area contributed by atoms with Crippen molar-refractivity contribution in [1.29, 1.82) is 0 Å². The summed E-state index contributed by atoms with van der Waals surface area (Å²) in [6.45, 7) is 5.38. The van der Waals surface area contributed by atoms with Crippen molar-refractivity contribution in [3.05, 3.63) is 17.8 Å². The number of anilines is 1. The Bertz CT molecular complexity index is 450. The Hall–Kier alpha value is -2.18. The normalized spacial score (nSPS) is 11.1. The summed E-state index contributed by atoms with van der Waals surface area (Å²) in [6.07, 6.45) is 0. The van der Waals surface area contributed by atoms with Gasteiger partial charge >= 0.3 is 5.97 Å². The highest BCUT2D eigenvalue weighted by atomic mass is 16.4. The first kappa shape index (κ1) is 13.9. The summed E-state index contributed by atoms with van der Waals surface area (Å²) < 4.78 is 0. The van der Waals surface area contributed by atoms with E-state index in [1.54, 1.807) is 4.90 Å². The van der Waals surface area contributed by atoms with Crippen LogP contribution in [0.3, 0.4) is 0 Å². The van der Waals surface area contributed by atoms with Gasteiger partial charge in [-0.2, -0.15) is 0 Å². The SMILES string of the molecule is CC(C)(C)N(CC(=O)O)c1ccc(C(N)=O)nn1. The molecule has 18 heavy (non-hydrogen) atoms. The molecule has 1 aromatic heterocycles. The summed E-state index contributed by atoms with van der Waals surface area (Å²) in [7, 11) is 0. The van der Waals surface area contributed by atoms with Crippen LogP contribution in [0.15, 0.2) is 12.1 Å². The van der Waals surface area contributed by atoms with Crippen molar-refractivity contribution in [2.24, 2.45) is 5.73 Å². The fourth-order valence-corrected chi connectivity index (χ4v) is 1.40. The standard InChI is InChI=1S/C11H16N4O3/c1-11(2,3)15(6-9(16)17)8-5-4-7(10(12)18)13-14-8/h4-5H,6H2,1-3H3,(H2,12,18)(H,16,17). The molecule has 0 aromatic carbocycles. The largest absolute Gasteiger partial charge is 0.480 e. The molecular formula is C11H16N4O3. The molecule has 1 aromatic rings. The Balaban J connectivity index is 3.06. The number of rotatable bonds is 4. The third-order valence-corrected chi connectivity index (χ3v) is 2.28. The summed E-state index contributed by atoms with van der Waals surface area (Å²) in [5.74, 6) is -1.25. The Morgan fingerprint density at radius 2 is 1.94 bits per heavy atom. The number of hydrogen-bond acceptors (Lipinski definition) is 5. The number of carbonyl (C=O) groups is 2. The predicted octanol–water partition coefficient (Wildman–Crippen LogP) is 0.265. The van der Waals surface area contributed by atoms with E-state index in [1.165, 1.54) is 12.1 Å². The van der Waals surface area contributed by atoms with Crippen LogP contribution in [0.5, 0.6) is 0 Å². The van der Waals surface area contributed by atoms with Crippen LogP contribution in [0.2, 0.25) is 0 Å². The van der Waals surface area contributed by atoms with Gasteiger partial charge in [-0.1, -0.05) is 0 Å². The first-order chi connectivity index (χ1) is 8.21. The maximum absolute atomic E-state index is 10.9. The van der Waals surface area contributed by atoms with E-state index in [4.69, 9.17) is 10.8 Å². The van der Waals surface area contributed by atoms with Crippen molar-refractivity contribution in [2.75, 3.05) is 11.4 Å². The third-order valence-electron chi connectivity index (χ3n) is 2.28. The van der Waals surface area contributed by atoms with E-state index in [1.807, 2.05) is 20.8 Å². The fraction of sp³-hybridized carbons (Fsp3) is 0.455. The average molecular weight is 252 g/mol. The van der Waals surface area contributed by atoms with E-state index in [0.29, 0.717) is 5.82 Å². The number of nitrogens with two attached hydrogens (primary N) is 1. The third kappa shape index (κ3) is 3.41. The Labute approximate surface area is 105 Å². The van der Waals surface area contributed by atoms with Gasteiger partial charge in [0, 0.05) is 5.54 Å². The lowest BCUT2D eigenvalue weighted by Crippen LogP contribution is -2.45. The smallest absolute Gasteiger partial charge is 0.323 e. The number of hydrogen-bond donors (Lipinski definition) is 2. The van der Waals surface area contributed by atoms with Crippen molar-refractivity contribution >= 4 is 17.7 Å². The highest BCUT2D eigenvalue weighted by Gasteiger charge is 2.25. The molecule has 0 atom stereocenters. The lowest BCUT2D eigenvalue weighted by molar-refractivity contribution is -0.135. The van der Waals surface area contributed by atoms with Crippen LogP contribution in [0.1, 0.15) is 31.3 Å². The van der Waals surface area contributed by atoms with Crippen LogP contribution in [0.25, 0.3) is 0 Å². The van der Waals surface area contributed by atoms with Crippen molar-refractivity contribution in [3.8, 4) is 0 Å². The Kier molecular flexibility index (Phi) is 3.85. The number of aromatic nitrogens is 2. The average Bonchev–Trinajstić information content (AvgIpc) is 2.24. The molecule has 0 spiro atoms. The molecule has 0 fully saturated rings. The molecule has 3 N–H and O–H groups in total. The highest BCUT2D eigenvalue weighted by Crippen LogP contribution is 2.20. The number of carbonyl (C=O) groups excluding carboxylic acids is 1. The van der Waals surface area contributed by atoms with E-state index >= 15 is 0 Å². The molecule has 1 rings (SSSR count). The van der Waals surface area contributed by atoms with Crippen molar-refractivity contribution in [1.82, 2.24) is 10.2 Å². The molecule has 0 aliphatic carbocycles. The molecule has 98 valence electrons. The second-order valence-corrected chi connectivity index (χ2v) is 4.79. The molecule has 0 bridgehead atoms. The van der Waals surface area contributed by atoms with Crippen LogP contribution in [0, 0.1) is 0 Å². The first-order valence-electron chi connectivity index (χ1n) is 5.35. The van der Waals surface area contributed by atoms with E-state index in [2.05, 4.69) is 10.2 Å². The van der Waals surface area contributed by atoms with Gasteiger partial charge in [-0.05, 0) is 32.9 Å². The molecule has 0 aliphatic rings. The lowest BCUT2D eigenvalue weighted by Gasteiger charge is -2.34. The topological polar surface area (TPSA) is 109 Å². The molecule has 1 amide bonds. The van der Waals surface area contributed by atoms with Gasteiger partial charge in [0.1, 0.15) is 6.54 Å². The Morgan fingerprint density at radius 3 is 2.28 bits per heavy atom. The van der Waals surface area contributed by atoms with Crippen LogP contribution in [-0.2, 0) is 4.79 Å². The maximum Gasteiger partial charge on any atom is 0.323 e. The van der Waals surface area contributed by atoms with Crippen molar-refractivity contribution < 1.29 is 14.7 Å². The van der Waals surface area contributed by atoms with Crippen LogP contribution in [0.4, 0.5) is 5.82 Å². The zero-order chi connectivity index (χ0) is 13.9. The first-order valence-corrected chi connectivity index (χ1v) is 5.35. The van der Waals surface area contributed by atoms with Gasteiger partial charge < -0.3 is 15.7 Å². The van der Waals surface area contributed by atoms with Crippen LogP contribution >= 0.6 is 0 Å². The van der Waals surface area contributed by atoms with Crippen molar-refractivity contribution in [2.45, 2.75) is 26.3 Å². The minimum atomic E-state index is -0.967. The monoisotopic (exact) mass is 252 g/mol. The number of carboxylic acids is 1. The molecule has 0 saturated heterocycles. The maximum atomic E-state index is 10.9. The number of carboxylic acid groups (broad SMARTS) is 1. The molecule has 0 unspecified atom stereocenters. The van der Waals surface area contributed by atoms with E-state index in [0.717, 1.165) is 0 Å². The molecule has 0 saturated carbocycles. The van der Waals surface area contributed by atoms with Gasteiger partial charge in [-0.15, -0.1) is 10.2 Å².